The minimum absolute atomic E-state index is 0.0853. The Kier molecular flexibility index (Phi) is 3.10. The molecule has 0 aliphatic carbocycles. The number of fused-ring (bicyclic) bond motifs is 2. The maximum atomic E-state index is 6.02. The van der Waals surface area contributed by atoms with E-state index in [4.69, 9.17) is 9.47 Å². The van der Waals surface area contributed by atoms with Gasteiger partial charge in [0, 0.05) is 11.1 Å². The van der Waals surface area contributed by atoms with Crippen LogP contribution in [0.3, 0.4) is 0 Å². The lowest BCUT2D eigenvalue weighted by Gasteiger charge is -2.28. The quantitative estimate of drug-likeness (QED) is 0.750. The van der Waals surface area contributed by atoms with E-state index < -0.39 is 0 Å². The molecule has 2 heteroatoms. The van der Waals surface area contributed by atoms with E-state index in [1.807, 2.05) is 55.5 Å². The van der Waals surface area contributed by atoms with Gasteiger partial charge in [-0.3, -0.25) is 0 Å². The highest BCUT2D eigenvalue weighted by molar-refractivity contribution is 5.52. The average molecular weight is 252 g/mol. The zero-order valence-corrected chi connectivity index (χ0v) is 10.9. The number of rotatable bonds is 3. The first-order valence-corrected chi connectivity index (χ1v) is 6.37. The van der Waals surface area contributed by atoms with Gasteiger partial charge in [-0.05, 0) is 19.1 Å². The van der Waals surface area contributed by atoms with Gasteiger partial charge in [0.05, 0.1) is 6.61 Å². The molecule has 1 aliphatic heterocycles. The van der Waals surface area contributed by atoms with Crippen molar-refractivity contribution in [2.75, 3.05) is 6.61 Å². The Morgan fingerprint density at radius 3 is 2.11 bits per heavy atom. The second-order valence-electron chi connectivity index (χ2n) is 4.83. The van der Waals surface area contributed by atoms with E-state index in [-0.39, 0.29) is 6.10 Å². The molecule has 0 amide bonds. The standard InChI is InChI=1S/C17H16O2/c1-12(2)11-18-17-13-7-3-5-9-15(13)19-16-10-6-4-8-14(16)17/h3-10,17H,1,11H2,2H3. The summed E-state index contributed by atoms with van der Waals surface area (Å²) in [6.07, 6.45) is -0.0853. The summed E-state index contributed by atoms with van der Waals surface area (Å²) >= 11 is 0. The van der Waals surface area contributed by atoms with Gasteiger partial charge in [-0.2, -0.15) is 0 Å². The first-order valence-electron chi connectivity index (χ1n) is 6.37. The van der Waals surface area contributed by atoms with Crippen molar-refractivity contribution in [3.8, 4) is 11.5 Å². The summed E-state index contributed by atoms with van der Waals surface area (Å²) in [5, 5.41) is 0. The molecular weight excluding hydrogens is 236 g/mol. The molecule has 0 unspecified atom stereocenters. The predicted molar refractivity (Wildman–Crippen MR) is 75.6 cm³/mol. The molecule has 2 aromatic carbocycles. The molecule has 1 heterocycles. The summed E-state index contributed by atoms with van der Waals surface area (Å²) in [6.45, 7) is 6.41. The molecule has 96 valence electrons. The Morgan fingerprint density at radius 1 is 1.05 bits per heavy atom. The SMILES string of the molecule is C=C(C)COC1c2ccccc2Oc2ccccc21. The molecule has 0 aromatic heterocycles. The highest BCUT2D eigenvalue weighted by Crippen LogP contribution is 2.44. The predicted octanol–water partition coefficient (Wildman–Crippen LogP) is 4.47. The smallest absolute Gasteiger partial charge is 0.133 e. The fraction of sp³-hybridized carbons (Fsp3) is 0.176. The molecule has 0 fully saturated rings. The third-order valence-corrected chi connectivity index (χ3v) is 3.12. The molecule has 0 saturated heterocycles. The van der Waals surface area contributed by atoms with Crippen LogP contribution >= 0.6 is 0 Å². The Labute approximate surface area is 113 Å². The van der Waals surface area contributed by atoms with Crippen LogP contribution in [0, 0.1) is 0 Å². The van der Waals surface area contributed by atoms with Gasteiger partial charge in [-0.25, -0.2) is 0 Å². The fourth-order valence-corrected chi connectivity index (χ4v) is 2.27. The van der Waals surface area contributed by atoms with Crippen molar-refractivity contribution in [2.45, 2.75) is 13.0 Å². The van der Waals surface area contributed by atoms with Crippen molar-refractivity contribution < 1.29 is 9.47 Å². The van der Waals surface area contributed by atoms with Crippen molar-refractivity contribution in [1.82, 2.24) is 0 Å². The van der Waals surface area contributed by atoms with Gasteiger partial charge in [0.25, 0.3) is 0 Å². The van der Waals surface area contributed by atoms with Crippen LogP contribution in [0.5, 0.6) is 11.5 Å². The molecule has 2 nitrogen and oxygen atoms in total. The van der Waals surface area contributed by atoms with E-state index in [0.717, 1.165) is 28.2 Å². The van der Waals surface area contributed by atoms with Crippen molar-refractivity contribution in [3.05, 3.63) is 71.8 Å². The number of ether oxygens (including phenoxy) is 2. The maximum Gasteiger partial charge on any atom is 0.133 e. The van der Waals surface area contributed by atoms with Crippen LogP contribution in [0.15, 0.2) is 60.7 Å². The Morgan fingerprint density at radius 2 is 1.58 bits per heavy atom. The molecule has 3 rings (SSSR count). The van der Waals surface area contributed by atoms with E-state index >= 15 is 0 Å². The first kappa shape index (κ1) is 12.0. The summed E-state index contributed by atoms with van der Waals surface area (Å²) in [7, 11) is 0. The molecule has 0 atom stereocenters. The highest BCUT2D eigenvalue weighted by atomic mass is 16.5. The fourth-order valence-electron chi connectivity index (χ4n) is 2.27. The molecule has 1 aliphatic rings. The van der Waals surface area contributed by atoms with Gasteiger partial charge in [0.1, 0.15) is 17.6 Å². The molecule has 0 radical (unpaired) electrons. The minimum Gasteiger partial charge on any atom is -0.457 e. The molecular formula is C17H16O2. The van der Waals surface area contributed by atoms with Gasteiger partial charge < -0.3 is 9.47 Å². The van der Waals surface area contributed by atoms with Crippen LogP contribution in [0.25, 0.3) is 0 Å². The van der Waals surface area contributed by atoms with Crippen LogP contribution in [0.2, 0.25) is 0 Å². The Bertz CT molecular complexity index is 571. The topological polar surface area (TPSA) is 18.5 Å². The van der Waals surface area contributed by atoms with Crippen LogP contribution in [0.1, 0.15) is 24.2 Å². The summed E-state index contributed by atoms with van der Waals surface area (Å²) in [4.78, 5) is 0. The summed E-state index contributed by atoms with van der Waals surface area (Å²) < 4.78 is 11.9. The summed E-state index contributed by atoms with van der Waals surface area (Å²) in [6, 6.07) is 16.0. The van der Waals surface area contributed by atoms with Gasteiger partial charge in [0.15, 0.2) is 0 Å². The van der Waals surface area contributed by atoms with E-state index in [9.17, 15) is 0 Å². The number of hydrogen-bond donors (Lipinski definition) is 0. The van der Waals surface area contributed by atoms with Gasteiger partial charge in [0.2, 0.25) is 0 Å². The Balaban J connectivity index is 2.03. The molecule has 2 aromatic rings. The third-order valence-electron chi connectivity index (χ3n) is 3.12. The summed E-state index contributed by atoms with van der Waals surface area (Å²) in [5.41, 5.74) is 3.16. The molecule has 0 saturated carbocycles. The van der Waals surface area contributed by atoms with Crippen LogP contribution in [-0.4, -0.2) is 6.61 Å². The van der Waals surface area contributed by atoms with Gasteiger partial charge >= 0.3 is 0 Å². The van der Waals surface area contributed by atoms with E-state index in [2.05, 4.69) is 6.58 Å². The Hall–Kier alpha value is -2.06. The van der Waals surface area contributed by atoms with E-state index in [0.29, 0.717) is 6.61 Å². The van der Waals surface area contributed by atoms with Crippen LogP contribution < -0.4 is 4.74 Å². The van der Waals surface area contributed by atoms with Crippen molar-refractivity contribution in [3.63, 3.8) is 0 Å². The second-order valence-corrected chi connectivity index (χ2v) is 4.83. The zero-order chi connectivity index (χ0) is 13.2. The van der Waals surface area contributed by atoms with E-state index in [1.54, 1.807) is 0 Å². The molecule has 0 N–H and O–H groups in total. The largest absolute Gasteiger partial charge is 0.457 e. The number of hydrogen-bond acceptors (Lipinski definition) is 2. The van der Waals surface area contributed by atoms with Crippen LogP contribution in [-0.2, 0) is 4.74 Å². The monoisotopic (exact) mass is 252 g/mol. The summed E-state index contributed by atoms with van der Waals surface area (Å²) in [5.74, 6) is 1.74. The van der Waals surface area contributed by atoms with Crippen molar-refractivity contribution in [2.24, 2.45) is 0 Å². The van der Waals surface area contributed by atoms with Crippen molar-refractivity contribution >= 4 is 0 Å². The van der Waals surface area contributed by atoms with E-state index in [1.165, 1.54) is 0 Å². The number of para-hydroxylation sites is 2. The average Bonchev–Trinajstić information content (AvgIpc) is 2.43. The number of benzene rings is 2. The lowest BCUT2D eigenvalue weighted by molar-refractivity contribution is 0.0913. The zero-order valence-electron chi connectivity index (χ0n) is 10.9. The molecule has 19 heavy (non-hydrogen) atoms. The van der Waals surface area contributed by atoms with Gasteiger partial charge in [-0.1, -0.05) is 48.6 Å². The van der Waals surface area contributed by atoms with Crippen LogP contribution in [0.4, 0.5) is 0 Å². The van der Waals surface area contributed by atoms with Gasteiger partial charge in [-0.15, -0.1) is 0 Å². The maximum absolute atomic E-state index is 6.02. The third kappa shape index (κ3) is 2.27. The lowest BCUT2D eigenvalue weighted by Crippen LogP contribution is -2.14. The normalized spacial score (nSPS) is 13.3. The minimum atomic E-state index is -0.0853. The van der Waals surface area contributed by atoms with Crippen molar-refractivity contribution in [1.29, 1.82) is 0 Å². The highest BCUT2D eigenvalue weighted by Gasteiger charge is 2.27. The molecule has 0 bridgehead atoms. The lowest BCUT2D eigenvalue weighted by atomic mass is 9.97. The second kappa shape index (κ2) is 4.90. The molecule has 0 spiro atoms. The first-order chi connectivity index (χ1) is 9.25.